The Hall–Kier alpha value is -3.16. The van der Waals surface area contributed by atoms with Gasteiger partial charge in [0.1, 0.15) is 11.2 Å². The fourth-order valence-electron chi connectivity index (χ4n) is 2.73. The van der Waals surface area contributed by atoms with Crippen molar-refractivity contribution < 1.29 is 19.1 Å². The summed E-state index contributed by atoms with van der Waals surface area (Å²) in [6.45, 7) is 10.7. The Balaban J connectivity index is 2.41. The second-order valence-corrected chi connectivity index (χ2v) is 8.81. The molecule has 2 amide bonds. The van der Waals surface area contributed by atoms with Crippen LogP contribution in [0.15, 0.2) is 49.1 Å². The fraction of sp³-hybridized carbons (Fsp3) is 0.455. The van der Waals surface area contributed by atoms with Crippen LogP contribution < -0.4 is 10.6 Å². The first-order chi connectivity index (χ1) is 13.9. The summed E-state index contributed by atoms with van der Waals surface area (Å²) in [7, 11) is 0. The number of carbonyl (C=O) groups excluding carboxylic acids is 2. The quantitative estimate of drug-likeness (QED) is 0.756. The van der Waals surface area contributed by atoms with Crippen molar-refractivity contribution in [2.24, 2.45) is 0 Å². The van der Waals surface area contributed by atoms with Gasteiger partial charge in [-0.1, -0.05) is 0 Å². The van der Waals surface area contributed by atoms with Crippen molar-refractivity contribution in [3.05, 3.63) is 60.2 Å². The van der Waals surface area contributed by atoms with Gasteiger partial charge in [0.05, 0.1) is 12.1 Å². The number of pyridine rings is 2. The lowest BCUT2D eigenvalue weighted by Gasteiger charge is -2.31. The molecule has 8 nitrogen and oxygen atoms in total. The minimum Gasteiger partial charge on any atom is -0.444 e. The number of nitrogens with one attached hydrogen (secondary N) is 2. The van der Waals surface area contributed by atoms with Gasteiger partial charge < -0.3 is 20.1 Å². The second-order valence-electron chi connectivity index (χ2n) is 8.81. The third-order valence-electron chi connectivity index (χ3n) is 3.81. The number of hydrogen-bond acceptors (Lipinski definition) is 6. The molecule has 2 atom stereocenters. The third-order valence-corrected chi connectivity index (χ3v) is 3.81. The molecule has 2 heterocycles. The van der Waals surface area contributed by atoms with Crippen molar-refractivity contribution in [2.45, 2.75) is 64.8 Å². The van der Waals surface area contributed by atoms with E-state index in [0.717, 1.165) is 11.1 Å². The number of hydrogen-bond donors (Lipinski definition) is 2. The molecule has 0 aliphatic carbocycles. The van der Waals surface area contributed by atoms with Gasteiger partial charge in [0.2, 0.25) is 0 Å². The number of ether oxygens (including phenoxy) is 2. The summed E-state index contributed by atoms with van der Waals surface area (Å²) in [6.07, 6.45) is 5.28. The molecule has 2 aromatic heterocycles. The van der Waals surface area contributed by atoms with Crippen LogP contribution in [0, 0.1) is 0 Å². The Bertz CT molecular complexity index is 758. The van der Waals surface area contributed by atoms with Crippen molar-refractivity contribution in [3.63, 3.8) is 0 Å². The average molecular weight is 415 g/mol. The summed E-state index contributed by atoms with van der Waals surface area (Å²) in [5, 5.41) is 5.75. The van der Waals surface area contributed by atoms with Crippen molar-refractivity contribution in [1.29, 1.82) is 0 Å². The van der Waals surface area contributed by atoms with Crippen LogP contribution in [0.3, 0.4) is 0 Å². The summed E-state index contributed by atoms with van der Waals surface area (Å²) in [5.74, 6) is 0. The molecule has 0 aliphatic heterocycles. The van der Waals surface area contributed by atoms with Crippen LogP contribution in [0.25, 0.3) is 0 Å². The highest BCUT2D eigenvalue weighted by Gasteiger charge is 2.31. The molecule has 0 radical (unpaired) electrons. The minimum atomic E-state index is -0.669. The lowest BCUT2D eigenvalue weighted by molar-refractivity contribution is 0.0427. The van der Waals surface area contributed by atoms with E-state index < -0.39 is 35.5 Å². The molecule has 0 spiro atoms. The second kappa shape index (κ2) is 9.56. The minimum absolute atomic E-state index is 0.602. The highest BCUT2D eigenvalue weighted by Crippen LogP contribution is 2.29. The van der Waals surface area contributed by atoms with Gasteiger partial charge in [0.15, 0.2) is 0 Å². The number of aromatic nitrogens is 2. The highest BCUT2D eigenvalue weighted by molar-refractivity contribution is 5.70. The van der Waals surface area contributed by atoms with E-state index in [-0.39, 0.29) is 0 Å². The molecule has 8 heteroatoms. The molecule has 0 saturated carbocycles. The van der Waals surface area contributed by atoms with Gasteiger partial charge >= 0.3 is 12.2 Å². The molecule has 2 N–H and O–H groups in total. The zero-order chi connectivity index (χ0) is 22.4. The van der Waals surface area contributed by atoms with E-state index in [2.05, 4.69) is 20.6 Å². The standard InChI is InChI=1S/C22H30N4O4/c1-21(2,3)29-19(27)25-17(15-7-11-23-12-8-15)18(16-9-13-24-14-10-16)26-20(28)30-22(4,5)6/h7-14,17-18H,1-6H3,(H,25,27)(H,26,28). The highest BCUT2D eigenvalue weighted by atomic mass is 16.6. The van der Waals surface area contributed by atoms with Gasteiger partial charge in [0, 0.05) is 24.8 Å². The van der Waals surface area contributed by atoms with E-state index in [1.165, 1.54) is 0 Å². The van der Waals surface area contributed by atoms with Crippen molar-refractivity contribution in [1.82, 2.24) is 20.6 Å². The Kier molecular flexibility index (Phi) is 7.37. The average Bonchev–Trinajstić information content (AvgIpc) is 2.63. The van der Waals surface area contributed by atoms with Gasteiger partial charge in [-0.2, -0.15) is 0 Å². The normalized spacial score (nSPS) is 13.7. The van der Waals surface area contributed by atoms with E-state index in [4.69, 9.17) is 9.47 Å². The van der Waals surface area contributed by atoms with Crippen molar-refractivity contribution >= 4 is 12.2 Å². The smallest absolute Gasteiger partial charge is 0.408 e. The molecule has 30 heavy (non-hydrogen) atoms. The Morgan fingerprint density at radius 3 is 1.27 bits per heavy atom. The lowest BCUT2D eigenvalue weighted by Crippen LogP contribution is -2.44. The van der Waals surface area contributed by atoms with E-state index >= 15 is 0 Å². The number of rotatable bonds is 5. The largest absolute Gasteiger partial charge is 0.444 e. The first-order valence-electron chi connectivity index (χ1n) is 9.73. The Morgan fingerprint density at radius 1 is 0.700 bits per heavy atom. The zero-order valence-electron chi connectivity index (χ0n) is 18.3. The maximum atomic E-state index is 12.6. The van der Waals surface area contributed by atoms with Crippen LogP contribution in [-0.4, -0.2) is 33.4 Å². The number of amides is 2. The van der Waals surface area contributed by atoms with E-state index in [0.29, 0.717) is 0 Å². The van der Waals surface area contributed by atoms with Crippen molar-refractivity contribution in [2.75, 3.05) is 0 Å². The Morgan fingerprint density at radius 2 is 1.00 bits per heavy atom. The van der Waals surface area contributed by atoms with Crippen LogP contribution in [-0.2, 0) is 9.47 Å². The molecule has 0 fully saturated rings. The molecular formula is C22H30N4O4. The first kappa shape index (κ1) is 23.1. The molecule has 2 unspecified atom stereocenters. The third kappa shape index (κ3) is 7.69. The first-order valence-corrected chi connectivity index (χ1v) is 9.73. The topological polar surface area (TPSA) is 102 Å². The van der Waals surface area contributed by atoms with Gasteiger partial charge in [-0.05, 0) is 76.9 Å². The summed E-state index contributed by atoms with van der Waals surface area (Å²) >= 11 is 0. The summed E-state index contributed by atoms with van der Waals surface area (Å²) in [4.78, 5) is 33.3. The van der Waals surface area contributed by atoms with E-state index in [1.807, 2.05) is 0 Å². The van der Waals surface area contributed by atoms with Crippen LogP contribution in [0.4, 0.5) is 9.59 Å². The van der Waals surface area contributed by atoms with Crippen LogP contribution in [0.1, 0.15) is 64.8 Å². The molecule has 0 aromatic carbocycles. The van der Waals surface area contributed by atoms with Crippen molar-refractivity contribution in [3.8, 4) is 0 Å². The number of nitrogens with zero attached hydrogens (tertiary/aromatic N) is 2. The summed E-state index contributed by atoms with van der Waals surface area (Å²) in [5.41, 5.74) is 0.150. The molecule has 162 valence electrons. The summed E-state index contributed by atoms with van der Waals surface area (Å²) < 4.78 is 10.9. The molecule has 0 saturated heterocycles. The maximum Gasteiger partial charge on any atom is 0.408 e. The molecule has 0 aliphatic rings. The SMILES string of the molecule is CC(C)(C)OC(=O)NC(c1ccncc1)C(NC(=O)OC(C)(C)C)c1ccncc1. The Labute approximate surface area is 177 Å². The van der Waals surface area contributed by atoms with Crippen LogP contribution in [0.2, 0.25) is 0 Å². The van der Waals surface area contributed by atoms with Gasteiger partial charge in [-0.3, -0.25) is 9.97 Å². The van der Waals surface area contributed by atoms with E-state index in [1.54, 1.807) is 90.6 Å². The van der Waals surface area contributed by atoms with Gasteiger partial charge in [-0.25, -0.2) is 9.59 Å². The molecular weight excluding hydrogens is 384 g/mol. The fourth-order valence-corrected chi connectivity index (χ4v) is 2.73. The van der Waals surface area contributed by atoms with Crippen LogP contribution in [0.5, 0.6) is 0 Å². The lowest BCUT2D eigenvalue weighted by atomic mass is 9.94. The van der Waals surface area contributed by atoms with Crippen LogP contribution >= 0.6 is 0 Å². The molecule has 0 bridgehead atoms. The maximum absolute atomic E-state index is 12.6. The van der Waals surface area contributed by atoms with Gasteiger partial charge in [0.25, 0.3) is 0 Å². The predicted octanol–water partition coefficient (Wildman–Crippen LogP) is 4.31. The predicted molar refractivity (Wildman–Crippen MR) is 113 cm³/mol. The number of alkyl carbamates (subject to hydrolysis) is 2. The monoisotopic (exact) mass is 414 g/mol. The molecule has 2 aromatic rings. The number of carbonyl (C=O) groups is 2. The zero-order valence-corrected chi connectivity index (χ0v) is 18.3. The van der Waals surface area contributed by atoms with Gasteiger partial charge in [-0.15, -0.1) is 0 Å². The summed E-state index contributed by atoms with van der Waals surface area (Å²) in [6, 6.07) is 5.80. The molecule has 2 rings (SSSR count). The van der Waals surface area contributed by atoms with E-state index in [9.17, 15) is 9.59 Å².